The number of carbonyl (C=O) groups is 1. The molecule has 0 saturated heterocycles. The summed E-state index contributed by atoms with van der Waals surface area (Å²) in [7, 11) is 1.43. The third kappa shape index (κ3) is 2.91. The van der Waals surface area contributed by atoms with Crippen LogP contribution in [0.2, 0.25) is 0 Å². The quantitative estimate of drug-likeness (QED) is 0.543. The molecule has 0 aliphatic rings. The molecule has 2 N–H and O–H groups in total. The van der Waals surface area contributed by atoms with E-state index in [0.717, 1.165) is 0 Å². The molecule has 0 fully saturated rings. The van der Waals surface area contributed by atoms with Crippen LogP contribution in [0.4, 0.5) is 0 Å². The third-order valence-corrected chi connectivity index (χ3v) is 1.43. The first kappa shape index (κ1) is 12.3. The van der Waals surface area contributed by atoms with Crippen molar-refractivity contribution in [1.29, 1.82) is 0 Å². The molecule has 1 aromatic rings. The summed E-state index contributed by atoms with van der Waals surface area (Å²) in [6.07, 6.45) is 0. The third-order valence-electron chi connectivity index (χ3n) is 1.43. The fourth-order valence-electron chi connectivity index (χ4n) is 0.813. The topological polar surface area (TPSA) is 66.8 Å². The molecule has 0 amide bonds. The summed E-state index contributed by atoms with van der Waals surface area (Å²) in [4.78, 5) is 10.5. The molecule has 66 valence electrons. The molecule has 13 heavy (non-hydrogen) atoms. The molecule has 0 aromatic heterocycles. The van der Waals surface area contributed by atoms with Crippen LogP contribution in [0.1, 0.15) is 11.8 Å². The van der Waals surface area contributed by atoms with E-state index in [1.165, 1.54) is 25.3 Å². The second kappa shape index (κ2) is 5.11. The van der Waals surface area contributed by atoms with E-state index in [-0.39, 0.29) is 42.3 Å². The Kier molecular flexibility index (Phi) is 4.83. The molecule has 0 radical (unpaired) electrons. The van der Waals surface area contributed by atoms with Crippen LogP contribution >= 0.6 is 0 Å². The van der Waals surface area contributed by atoms with Gasteiger partial charge in [0.25, 0.3) is 0 Å². The molecular weight excluding hydrogens is 183 g/mol. The number of ether oxygens (including phenoxy) is 1. The first-order valence-corrected chi connectivity index (χ1v) is 3.25. The zero-order valence-corrected chi connectivity index (χ0v) is 9.44. The minimum atomic E-state index is -1.17. The van der Waals surface area contributed by atoms with Crippen molar-refractivity contribution in [3.05, 3.63) is 23.8 Å². The Morgan fingerprint density at radius 2 is 2.15 bits per heavy atom. The summed E-state index contributed by atoms with van der Waals surface area (Å²) in [5.74, 6) is -1.03. The van der Waals surface area contributed by atoms with E-state index in [0.29, 0.717) is 5.75 Å². The van der Waals surface area contributed by atoms with Crippen molar-refractivity contribution >= 4 is 5.97 Å². The molecule has 1 rings (SSSR count). The summed E-state index contributed by atoms with van der Waals surface area (Å²) in [5, 5.41) is 17.6. The van der Waals surface area contributed by atoms with Gasteiger partial charge in [0, 0.05) is 0 Å². The average molecular weight is 192 g/mol. The summed E-state index contributed by atoms with van der Waals surface area (Å²) < 4.78 is 4.79. The summed E-state index contributed by atoms with van der Waals surface area (Å²) in [5.41, 5.74) is -0.158. The maximum atomic E-state index is 10.5. The Labute approximate surface area is 98.9 Å². The number of phenols is 1. The Morgan fingerprint density at radius 1 is 1.54 bits per heavy atom. The van der Waals surface area contributed by atoms with Crippen molar-refractivity contribution in [3.63, 3.8) is 0 Å². The maximum Gasteiger partial charge on any atom is 1.00 e. The molecule has 0 atom stereocenters. The van der Waals surface area contributed by atoms with Crippen LogP contribution in [0.3, 0.4) is 0 Å². The van der Waals surface area contributed by atoms with E-state index in [1.54, 1.807) is 0 Å². The van der Waals surface area contributed by atoms with Gasteiger partial charge in [-0.15, -0.1) is 0 Å². The van der Waals surface area contributed by atoms with Crippen LogP contribution in [-0.4, -0.2) is 23.3 Å². The monoisotopic (exact) mass is 192 g/mol. The van der Waals surface area contributed by atoms with Crippen LogP contribution in [0, 0.1) is 0 Å². The molecule has 0 unspecified atom stereocenters. The molecule has 1 aromatic carbocycles. The van der Waals surface area contributed by atoms with Crippen molar-refractivity contribution in [1.82, 2.24) is 0 Å². The number of rotatable bonds is 2. The zero-order chi connectivity index (χ0) is 9.14. The maximum absolute atomic E-state index is 10.5. The van der Waals surface area contributed by atoms with Gasteiger partial charge in [-0.05, 0) is 18.2 Å². The zero-order valence-electron chi connectivity index (χ0n) is 8.44. The fourth-order valence-corrected chi connectivity index (χ4v) is 0.813. The number of aromatic carboxylic acids is 1. The van der Waals surface area contributed by atoms with Crippen molar-refractivity contribution in [3.8, 4) is 11.5 Å². The van der Waals surface area contributed by atoms with Gasteiger partial charge in [-0.3, -0.25) is 0 Å². The second-order valence-electron chi connectivity index (χ2n) is 2.19. The molecular formula is C8H9NaO4. The predicted molar refractivity (Wildman–Crippen MR) is 42.7 cm³/mol. The molecule has 0 spiro atoms. The second-order valence-corrected chi connectivity index (χ2v) is 2.19. The molecule has 0 aliphatic carbocycles. The van der Waals surface area contributed by atoms with E-state index >= 15 is 0 Å². The molecule has 0 saturated carbocycles. The molecule has 4 nitrogen and oxygen atoms in total. The Bertz CT molecular complexity index is 316. The van der Waals surface area contributed by atoms with E-state index < -0.39 is 5.97 Å². The number of benzene rings is 1. The van der Waals surface area contributed by atoms with Gasteiger partial charge in [0.05, 0.1) is 7.11 Å². The molecule has 0 aliphatic heterocycles. The minimum Gasteiger partial charge on any atom is -1.00 e. The first-order valence-electron chi connectivity index (χ1n) is 3.25. The normalized spacial score (nSPS) is 8.69. The summed E-state index contributed by atoms with van der Waals surface area (Å²) >= 11 is 0. The number of aromatic hydroxyl groups is 1. The van der Waals surface area contributed by atoms with Crippen LogP contribution < -0.4 is 34.3 Å². The first-order chi connectivity index (χ1) is 5.65. The largest absolute Gasteiger partial charge is 1.00 e. The Balaban J connectivity index is 0. The Hall–Kier alpha value is -0.710. The van der Waals surface area contributed by atoms with Gasteiger partial charge in [0.15, 0.2) is 0 Å². The average Bonchev–Trinajstić information content (AvgIpc) is 2.05. The van der Waals surface area contributed by atoms with E-state index in [4.69, 9.17) is 14.9 Å². The molecule has 0 bridgehead atoms. The van der Waals surface area contributed by atoms with Crippen LogP contribution in [-0.2, 0) is 0 Å². The number of carboxylic acids is 1. The minimum absolute atomic E-state index is 0. The van der Waals surface area contributed by atoms with Gasteiger partial charge in [-0.2, -0.15) is 0 Å². The van der Waals surface area contributed by atoms with Gasteiger partial charge < -0.3 is 16.4 Å². The SMILES string of the molecule is COc1ccc(O)c(C(=O)O)c1.[H-].[Na+]. The fraction of sp³-hybridized carbons (Fsp3) is 0.125. The number of carboxylic acid groups (broad SMARTS) is 1. The van der Waals surface area contributed by atoms with Crippen LogP contribution in [0.5, 0.6) is 11.5 Å². The summed E-state index contributed by atoms with van der Waals surface area (Å²) in [6.45, 7) is 0. The Morgan fingerprint density at radius 3 is 2.62 bits per heavy atom. The smallest absolute Gasteiger partial charge is 1.00 e. The van der Waals surface area contributed by atoms with Gasteiger partial charge in [-0.25, -0.2) is 4.79 Å². The van der Waals surface area contributed by atoms with Gasteiger partial charge in [-0.1, -0.05) is 0 Å². The van der Waals surface area contributed by atoms with Crippen molar-refractivity contribution in [2.24, 2.45) is 0 Å². The van der Waals surface area contributed by atoms with Crippen molar-refractivity contribution in [2.45, 2.75) is 0 Å². The standard InChI is InChI=1S/C8H8O4.Na.H/c1-12-5-2-3-7(9)6(4-5)8(10)11;;/h2-4,9H,1H3,(H,10,11);;/q;+1;-1. The van der Waals surface area contributed by atoms with Gasteiger partial charge in [0.1, 0.15) is 17.1 Å². The van der Waals surface area contributed by atoms with E-state index in [2.05, 4.69) is 0 Å². The number of methoxy groups -OCH3 is 1. The van der Waals surface area contributed by atoms with Gasteiger partial charge in [0.2, 0.25) is 0 Å². The van der Waals surface area contributed by atoms with Crippen molar-refractivity contribution in [2.75, 3.05) is 7.11 Å². The van der Waals surface area contributed by atoms with Crippen LogP contribution in [0.25, 0.3) is 0 Å². The van der Waals surface area contributed by atoms with E-state index in [9.17, 15) is 4.79 Å². The van der Waals surface area contributed by atoms with Crippen LogP contribution in [0.15, 0.2) is 18.2 Å². The number of hydrogen-bond donors (Lipinski definition) is 2. The molecule has 0 heterocycles. The van der Waals surface area contributed by atoms with Crippen molar-refractivity contribution < 1.29 is 50.7 Å². The summed E-state index contributed by atoms with van der Waals surface area (Å²) in [6, 6.07) is 4.03. The van der Waals surface area contributed by atoms with Gasteiger partial charge >= 0.3 is 35.5 Å². The predicted octanol–water partition coefficient (Wildman–Crippen LogP) is -1.78. The number of hydrogen-bond acceptors (Lipinski definition) is 3. The van der Waals surface area contributed by atoms with E-state index in [1.807, 2.05) is 0 Å². The molecule has 5 heteroatoms.